The maximum absolute atomic E-state index is 9.28. The van der Waals surface area contributed by atoms with Crippen LogP contribution in [-0.4, -0.2) is 0 Å². The molecule has 0 bridgehead atoms. The summed E-state index contributed by atoms with van der Waals surface area (Å²) in [5.74, 6) is 0.194. The molecule has 0 radical (unpaired) electrons. The smallest absolute Gasteiger partial charge is 0.184 e. The molecule has 0 unspecified atom stereocenters. The molecule has 2 rings (SSSR count). The summed E-state index contributed by atoms with van der Waals surface area (Å²) in [7, 11) is 0. The fraction of sp³-hybridized carbons (Fsp3) is 0.286. The molecule has 0 atom stereocenters. The third-order valence-electron chi connectivity index (χ3n) is 2.98. The maximum Gasteiger partial charge on any atom is 0.184 e. The van der Waals surface area contributed by atoms with Crippen LogP contribution in [0.3, 0.4) is 0 Å². The van der Waals surface area contributed by atoms with Gasteiger partial charge < -0.3 is 0 Å². The molecule has 78 valence electrons. The largest absolute Gasteiger partial charge is 0.196 e. The third kappa shape index (κ3) is 1.24. The first kappa shape index (κ1) is 10.5. The SMILES string of the molecule is CC(C)C1=c2ccccc2=CC1(C#N)C#N. The van der Waals surface area contributed by atoms with Gasteiger partial charge in [0.25, 0.3) is 0 Å². The van der Waals surface area contributed by atoms with Gasteiger partial charge >= 0.3 is 0 Å². The van der Waals surface area contributed by atoms with Crippen LogP contribution in [0.25, 0.3) is 11.6 Å². The fourth-order valence-electron chi connectivity index (χ4n) is 2.37. The van der Waals surface area contributed by atoms with Crippen molar-refractivity contribution in [3.05, 3.63) is 34.7 Å². The molecule has 2 heteroatoms. The Kier molecular flexibility index (Phi) is 2.29. The number of hydrogen-bond acceptors (Lipinski definition) is 2. The van der Waals surface area contributed by atoms with Gasteiger partial charge in [0, 0.05) is 0 Å². The van der Waals surface area contributed by atoms with Gasteiger partial charge in [0.1, 0.15) is 0 Å². The second-order valence-corrected chi connectivity index (χ2v) is 4.33. The molecule has 0 N–H and O–H groups in total. The van der Waals surface area contributed by atoms with E-state index in [1.54, 1.807) is 6.08 Å². The Labute approximate surface area is 94.8 Å². The van der Waals surface area contributed by atoms with E-state index in [2.05, 4.69) is 12.1 Å². The Bertz CT molecular complexity index is 610. The quantitative estimate of drug-likeness (QED) is 0.698. The highest BCUT2D eigenvalue weighted by Gasteiger charge is 2.37. The summed E-state index contributed by atoms with van der Waals surface area (Å²) in [6.07, 6.45) is 1.78. The van der Waals surface area contributed by atoms with Gasteiger partial charge in [-0.05, 0) is 28.0 Å². The predicted octanol–water partition coefficient (Wildman–Crippen LogP) is 1.32. The minimum atomic E-state index is -1.07. The monoisotopic (exact) mass is 208 g/mol. The minimum Gasteiger partial charge on any atom is -0.196 e. The minimum absolute atomic E-state index is 0.194. The fourth-order valence-corrected chi connectivity index (χ4v) is 2.37. The molecule has 0 amide bonds. The Morgan fingerprint density at radius 1 is 1.12 bits per heavy atom. The van der Waals surface area contributed by atoms with Crippen molar-refractivity contribution in [1.82, 2.24) is 0 Å². The van der Waals surface area contributed by atoms with Crippen LogP contribution in [0.5, 0.6) is 0 Å². The van der Waals surface area contributed by atoms with Gasteiger partial charge in [-0.25, -0.2) is 0 Å². The van der Waals surface area contributed by atoms with Gasteiger partial charge in [0.05, 0.1) is 12.1 Å². The predicted molar refractivity (Wildman–Crippen MR) is 62.1 cm³/mol. The highest BCUT2D eigenvalue weighted by atomic mass is 14.4. The molecule has 1 aromatic rings. The summed E-state index contributed by atoms with van der Waals surface area (Å²) in [5.41, 5.74) is -0.147. The van der Waals surface area contributed by atoms with Gasteiger partial charge in [-0.2, -0.15) is 10.5 Å². The van der Waals surface area contributed by atoms with Crippen molar-refractivity contribution < 1.29 is 0 Å². The van der Waals surface area contributed by atoms with E-state index >= 15 is 0 Å². The van der Waals surface area contributed by atoms with E-state index < -0.39 is 5.41 Å². The van der Waals surface area contributed by atoms with E-state index in [4.69, 9.17) is 0 Å². The second-order valence-electron chi connectivity index (χ2n) is 4.33. The summed E-state index contributed by atoms with van der Waals surface area (Å²) in [4.78, 5) is 0. The Hall–Kier alpha value is -2.06. The zero-order chi connectivity index (χ0) is 11.8. The second kappa shape index (κ2) is 3.51. The van der Waals surface area contributed by atoms with E-state index in [-0.39, 0.29) is 5.92 Å². The van der Waals surface area contributed by atoms with Crippen LogP contribution < -0.4 is 10.4 Å². The van der Waals surface area contributed by atoms with Gasteiger partial charge in [0.15, 0.2) is 5.41 Å². The molecule has 2 nitrogen and oxygen atoms in total. The van der Waals surface area contributed by atoms with Crippen molar-refractivity contribution in [2.75, 3.05) is 0 Å². The van der Waals surface area contributed by atoms with E-state index in [0.29, 0.717) is 0 Å². The molecule has 1 aromatic carbocycles. The highest BCUT2D eigenvalue weighted by molar-refractivity contribution is 5.77. The number of fused-ring (bicyclic) bond motifs is 1. The molecule has 16 heavy (non-hydrogen) atoms. The van der Waals surface area contributed by atoms with Crippen molar-refractivity contribution in [3.8, 4) is 12.1 Å². The lowest BCUT2D eigenvalue weighted by Gasteiger charge is -2.18. The molecule has 1 aliphatic carbocycles. The topological polar surface area (TPSA) is 47.6 Å². The molecule has 1 aliphatic rings. The summed E-state index contributed by atoms with van der Waals surface area (Å²) in [5, 5.41) is 20.6. The van der Waals surface area contributed by atoms with Crippen LogP contribution in [0.15, 0.2) is 24.3 Å². The zero-order valence-corrected chi connectivity index (χ0v) is 9.36. The average molecular weight is 208 g/mol. The summed E-state index contributed by atoms with van der Waals surface area (Å²) in [6.45, 7) is 4.05. The lowest BCUT2D eigenvalue weighted by atomic mass is 9.79. The zero-order valence-electron chi connectivity index (χ0n) is 9.36. The van der Waals surface area contributed by atoms with Crippen molar-refractivity contribution >= 4 is 11.6 Å². The molecule has 0 fully saturated rings. The van der Waals surface area contributed by atoms with Crippen LogP contribution in [0.4, 0.5) is 0 Å². The lowest BCUT2D eigenvalue weighted by Crippen LogP contribution is -2.25. The average Bonchev–Trinajstić information content (AvgIpc) is 2.63. The molecule has 0 heterocycles. The maximum atomic E-state index is 9.28. The normalized spacial score (nSPS) is 16.2. The van der Waals surface area contributed by atoms with Gasteiger partial charge in [-0.1, -0.05) is 38.1 Å². The standard InChI is InChI=1S/C14H12N2/c1-10(2)13-12-6-4-3-5-11(12)7-14(13,8-15)9-16/h3-7,10H,1-2H3. The number of hydrogen-bond donors (Lipinski definition) is 0. The Balaban J connectivity index is 2.92. The van der Waals surface area contributed by atoms with Crippen molar-refractivity contribution in [1.29, 1.82) is 10.5 Å². The lowest BCUT2D eigenvalue weighted by molar-refractivity contribution is 0.753. The molecular formula is C14H12N2. The third-order valence-corrected chi connectivity index (χ3v) is 2.98. The highest BCUT2D eigenvalue weighted by Crippen LogP contribution is 2.35. The van der Waals surface area contributed by atoms with Gasteiger partial charge in [-0.15, -0.1) is 0 Å². The summed E-state index contributed by atoms with van der Waals surface area (Å²) < 4.78 is 0. The van der Waals surface area contributed by atoms with E-state index in [1.807, 2.05) is 38.1 Å². The van der Waals surface area contributed by atoms with Crippen LogP contribution in [0.1, 0.15) is 13.8 Å². The van der Waals surface area contributed by atoms with Crippen LogP contribution in [-0.2, 0) is 0 Å². The Morgan fingerprint density at radius 2 is 1.75 bits per heavy atom. The number of benzene rings is 1. The van der Waals surface area contributed by atoms with Crippen LogP contribution >= 0.6 is 0 Å². The molecule has 0 spiro atoms. The summed E-state index contributed by atoms with van der Waals surface area (Å²) >= 11 is 0. The van der Waals surface area contributed by atoms with Gasteiger partial charge in [-0.3, -0.25) is 0 Å². The van der Waals surface area contributed by atoms with Crippen LogP contribution in [0, 0.1) is 34.0 Å². The molecule has 0 aromatic heterocycles. The van der Waals surface area contributed by atoms with Crippen LogP contribution in [0.2, 0.25) is 0 Å². The number of rotatable bonds is 1. The first-order valence-corrected chi connectivity index (χ1v) is 5.30. The van der Waals surface area contributed by atoms with E-state index in [9.17, 15) is 10.5 Å². The molecule has 0 aliphatic heterocycles. The molecule has 0 saturated heterocycles. The summed E-state index contributed by atoms with van der Waals surface area (Å²) in [6, 6.07) is 12.1. The number of nitriles is 2. The molecule has 0 saturated carbocycles. The molecular weight excluding hydrogens is 196 g/mol. The van der Waals surface area contributed by atoms with E-state index in [1.165, 1.54) is 0 Å². The Morgan fingerprint density at radius 3 is 2.31 bits per heavy atom. The van der Waals surface area contributed by atoms with Crippen molar-refractivity contribution in [3.63, 3.8) is 0 Å². The van der Waals surface area contributed by atoms with Crippen molar-refractivity contribution in [2.24, 2.45) is 11.3 Å². The first-order valence-electron chi connectivity index (χ1n) is 5.30. The van der Waals surface area contributed by atoms with Gasteiger partial charge in [0.2, 0.25) is 0 Å². The number of nitrogens with zero attached hydrogens (tertiary/aromatic N) is 2. The van der Waals surface area contributed by atoms with E-state index in [0.717, 1.165) is 16.0 Å². The first-order chi connectivity index (χ1) is 7.64. The van der Waals surface area contributed by atoms with Crippen molar-refractivity contribution in [2.45, 2.75) is 13.8 Å².